The Balaban J connectivity index is 1.57. The Morgan fingerprint density at radius 1 is 0.935 bits per heavy atom. The minimum Gasteiger partial charge on any atom is -0.451 e. The highest BCUT2D eigenvalue weighted by molar-refractivity contribution is 6.22. The van der Waals surface area contributed by atoms with Crippen molar-refractivity contribution in [3.05, 3.63) is 71.3 Å². The summed E-state index contributed by atoms with van der Waals surface area (Å²) in [5, 5.41) is 2.81. The molecule has 162 valence electrons. The van der Waals surface area contributed by atoms with E-state index in [9.17, 15) is 19.2 Å². The van der Waals surface area contributed by atoms with E-state index in [2.05, 4.69) is 5.32 Å². The van der Waals surface area contributed by atoms with Gasteiger partial charge in [0.25, 0.3) is 17.7 Å². The molecule has 0 bridgehead atoms. The first-order chi connectivity index (χ1) is 14.8. The van der Waals surface area contributed by atoms with Crippen LogP contribution in [0.2, 0.25) is 0 Å². The molecule has 0 aliphatic carbocycles. The lowest BCUT2D eigenvalue weighted by Crippen LogP contribution is -2.46. The van der Waals surface area contributed by atoms with E-state index >= 15 is 0 Å². The van der Waals surface area contributed by atoms with Crippen LogP contribution < -0.4 is 5.32 Å². The molecule has 7 heteroatoms. The Morgan fingerprint density at radius 3 is 2.03 bits per heavy atom. The molecule has 2 aromatic rings. The predicted molar refractivity (Wildman–Crippen MR) is 114 cm³/mol. The summed E-state index contributed by atoms with van der Waals surface area (Å²) in [4.78, 5) is 50.9. The van der Waals surface area contributed by atoms with Crippen LogP contribution in [-0.4, -0.2) is 47.3 Å². The monoisotopic (exact) mass is 422 g/mol. The number of fused-ring (bicyclic) bond motifs is 1. The van der Waals surface area contributed by atoms with Crippen LogP contribution in [0.15, 0.2) is 54.6 Å². The second-order valence-electron chi connectivity index (χ2n) is 7.54. The van der Waals surface area contributed by atoms with Gasteiger partial charge in [-0.1, -0.05) is 49.4 Å². The number of nitrogens with one attached hydrogen (secondary N) is 1. The van der Waals surface area contributed by atoms with Gasteiger partial charge in [0.15, 0.2) is 6.10 Å². The van der Waals surface area contributed by atoms with Crippen molar-refractivity contribution in [3.8, 4) is 0 Å². The normalized spacial score (nSPS) is 15.8. The molecule has 1 N–H and O–H groups in total. The van der Waals surface area contributed by atoms with Gasteiger partial charge < -0.3 is 10.1 Å². The molecule has 1 heterocycles. The third kappa shape index (κ3) is 4.66. The number of amides is 3. The molecule has 0 fully saturated rings. The Morgan fingerprint density at radius 2 is 1.48 bits per heavy atom. The van der Waals surface area contributed by atoms with E-state index in [1.165, 1.54) is 13.8 Å². The molecular weight excluding hydrogens is 396 g/mol. The molecule has 1 aliphatic rings. The fourth-order valence-corrected chi connectivity index (χ4v) is 3.58. The van der Waals surface area contributed by atoms with Crippen LogP contribution in [0.5, 0.6) is 0 Å². The van der Waals surface area contributed by atoms with E-state index in [0.717, 1.165) is 16.9 Å². The van der Waals surface area contributed by atoms with Gasteiger partial charge in [0.1, 0.15) is 6.04 Å². The predicted octanol–water partition coefficient (Wildman–Crippen LogP) is 2.91. The van der Waals surface area contributed by atoms with Gasteiger partial charge in [-0.15, -0.1) is 0 Å². The first-order valence-electron chi connectivity index (χ1n) is 10.3. The van der Waals surface area contributed by atoms with E-state index in [4.69, 9.17) is 4.74 Å². The number of hydrogen-bond donors (Lipinski definition) is 1. The molecule has 0 saturated carbocycles. The minimum atomic E-state index is -1.14. The summed E-state index contributed by atoms with van der Waals surface area (Å²) < 4.78 is 5.26. The largest absolute Gasteiger partial charge is 0.451 e. The summed E-state index contributed by atoms with van der Waals surface area (Å²) in [6, 6.07) is 15.1. The zero-order chi connectivity index (χ0) is 22.5. The Hall–Kier alpha value is -3.48. The smallest absolute Gasteiger partial charge is 0.329 e. The van der Waals surface area contributed by atoms with Crippen molar-refractivity contribution in [3.63, 3.8) is 0 Å². The molecule has 0 saturated heterocycles. The van der Waals surface area contributed by atoms with Crippen LogP contribution >= 0.6 is 0 Å². The molecule has 0 spiro atoms. The van der Waals surface area contributed by atoms with Crippen LogP contribution in [-0.2, 0) is 14.3 Å². The third-order valence-corrected chi connectivity index (χ3v) is 5.50. The van der Waals surface area contributed by atoms with E-state index in [1.54, 1.807) is 24.3 Å². The number of imide groups is 1. The fourth-order valence-electron chi connectivity index (χ4n) is 3.58. The second-order valence-corrected chi connectivity index (χ2v) is 7.54. The molecule has 7 nitrogen and oxygen atoms in total. The van der Waals surface area contributed by atoms with Crippen molar-refractivity contribution < 1.29 is 23.9 Å². The molecule has 0 radical (unpaired) electrons. The van der Waals surface area contributed by atoms with E-state index in [1.807, 2.05) is 37.3 Å². The summed E-state index contributed by atoms with van der Waals surface area (Å²) >= 11 is 0. The van der Waals surface area contributed by atoms with Gasteiger partial charge in [-0.05, 0) is 38.0 Å². The summed E-state index contributed by atoms with van der Waals surface area (Å²) in [6.07, 6.45) is -0.215. The number of ether oxygens (including phenoxy) is 1. The number of hydrogen-bond acceptors (Lipinski definition) is 5. The summed E-state index contributed by atoms with van der Waals surface area (Å²) in [6.45, 7) is 5.33. The lowest BCUT2D eigenvalue weighted by Gasteiger charge is -2.23. The average Bonchev–Trinajstić information content (AvgIpc) is 3.04. The zero-order valence-corrected chi connectivity index (χ0v) is 17.8. The third-order valence-electron chi connectivity index (χ3n) is 5.50. The standard InChI is InChI=1S/C24H26N2O5/c1-4-17(18-10-6-5-7-11-18)14-25-21(27)16(3)31-24(30)15(2)26-22(28)19-12-8-9-13-20(19)23(26)29/h5-13,15-17H,4,14H2,1-3H3,(H,25,27)/t15-,16-,17+/m1/s1. The lowest BCUT2D eigenvalue weighted by atomic mass is 9.96. The first kappa shape index (κ1) is 22.2. The zero-order valence-electron chi connectivity index (χ0n) is 17.8. The number of benzene rings is 2. The van der Waals surface area contributed by atoms with E-state index in [-0.39, 0.29) is 17.0 Å². The van der Waals surface area contributed by atoms with E-state index < -0.39 is 35.8 Å². The Kier molecular flexibility index (Phi) is 6.84. The topological polar surface area (TPSA) is 92.8 Å². The van der Waals surface area contributed by atoms with Gasteiger partial charge in [0, 0.05) is 12.5 Å². The van der Waals surface area contributed by atoms with Crippen molar-refractivity contribution in [2.45, 2.75) is 45.3 Å². The van der Waals surface area contributed by atoms with Crippen molar-refractivity contribution in [2.75, 3.05) is 6.54 Å². The van der Waals surface area contributed by atoms with Gasteiger partial charge in [0.05, 0.1) is 11.1 Å². The number of nitrogens with zero attached hydrogens (tertiary/aromatic N) is 1. The summed E-state index contributed by atoms with van der Waals surface area (Å²) in [7, 11) is 0. The number of carbonyl (C=O) groups excluding carboxylic acids is 4. The molecule has 3 rings (SSSR count). The summed E-state index contributed by atoms with van der Waals surface area (Å²) in [5.74, 6) is -2.19. The van der Waals surface area contributed by atoms with Crippen LogP contribution in [0, 0.1) is 0 Å². The van der Waals surface area contributed by atoms with Gasteiger partial charge in [-0.2, -0.15) is 0 Å². The average molecular weight is 422 g/mol. The quantitative estimate of drug-likeness (QED) is 0.522. The molecule has 0 unspecified atom stereocenters. The molecule has 1 aliphatic heterocycles. The Bertz CT molecular complexity index is 953. The second kappa shape index (κ2) is 9.55. The van der Waals surface area contributed by atoms with Crippen molar-refractivity contribution in [1.82, 2.24) is 10.2 Å². The van der Waals surface area contributed by atoms with Crippen LogP contribution in [0.3, 0.4) is 0 Å². The molecule has 0 aromatic heterocycles. The van der Waals surface area contributed by atoms with Gasteiger partial charge in [0.2, 0.25) is 0 Å². The van der Waals surface area contributed by atoms with Gasteiger partial charge in [-0.25, -0.2) is 4.79 Å². The van der Waals surface area contributed by atoms with Crippen LogP contribution in [0.4, 0.5) is 0 Å². The highest BCUT2D eigenvalue weighted by Crippen LogP contribution is 2.25. The number of rotatable bonds is 8. The maximum Gasteiger partial charge on any atom is 0.329 e. The SMILES string of the molecule is CC[C@@H](CNC(=O)[C@@H](C)OC(=O)[C@@H](C)N1C(=O)c2ccccc2C1=O)c1ccccc1. The van der Waals surface area contributed by atoms with E-state index in [0.29, 0.717) is 6.54 Å². The molecule has 3 atom stereocenters. The maximum atomic E-state index is 12.6. The number of carbonyl (C=O) groups is 4. The van der Waals surface area contributed by atoms with Gasteiger partial charge >= 0.3 is 5.97 Å². The fraction of sp³-hybridized carbons (Fsp3) is 0.333. The summed E-state index contributed by atoms with van der Waals surface area (Å²) in [5.41, 5.74) is 1.63. The molecule has 31 heavy (non-hydrogen) atoms. The highest BCUT2D eigenvalue weighted by Gasteiger charge is 2.41. The molecule has 3 amide bonds. The minimum absolute atomic E-state index is 0.144. The van der Waals surface area contributed by atoms with Gasteiger partial charge in [-0.3, -0.25) is 19.3 Å². The lowest BCUT2D eigenvalue weighted by molar-refractivity contribution is -0.158. The Labute approximate surface area is 181 Å². The van der Waals surface area contributed by atoms with Crippen LogP contribution in [0.25, 0.3) is 0 Å². The molecular formula is C24H26N2O5. The van der Waals surface area contributed by atoms with Crippen molar-refractivity contribution in [2.24, 2.45) is 0 Å². The van der Waals surface area contributed by atoms with Crippen molar-refractivity contribution >= 4 is 23.7 Å². The maximum absolute atomic E-state index is 12.6. The highest BCUT2D eigenvalue weighted by atomic mass is 16.5. The molecule has 2 aromatic carbocycles. The number of esters is 1. The first-order valence-corrected chi connectivity index (χ1v) is 10.3. The van der Waals surface area contributed by atoms with Crippen LogP contribution in [0.1, 0.15) is 59.4 Å². The van der Waals surface area contributed by atoms with Crippen molar-refractivity contribution in [1.29, 1.82) is 0 Å².